The predicted octanol–water partition coefficient (Wildman–Crippen LogP) is 3.81. The zero-order valence-electron chi connectivity index (χ0n) is 14.1. The van der Waals surface area contributed by atoms with Gasteiger partial charge in [-0.15, -0.1) is 12.4 Å². The van der Waals surface area contributed by atoms with Crippen LogP contribution in [0.2, 0.25) is 0 Å². The third-order valence-corrected chi connectivity index (χ3v) is 4.52. The average Bonchev–Trinajstić information content (AvgIpc) is 2.61. The molecule has 128 valence electrons. The van der Waals surface area contributed by atoms with Crippen molar-refractivity contribution in [1.29, 1.82) is 0 Å². The van der Waals surface area contributed by atoms with Crippen LogP contribution in [0.25, 0.3) is 0 Å². The summed E-state index contributed by atoms with van der Waals surface area (Å²) >= 11 is 0. The number of carbonyl (C=O) groups is 1. The van der Waals surface area contributed by atoms with Crippen LogP contribution in [0.3, 0.4) is 0 Å². The first-order valence-electron chi connectivity index (χ1n) is 8.34. The lowest BCUT2D eigenvalue weighted by molar-refractivity contribution is 0.0962. The van der Waals surface area contributed by atoms with E-state index in [0.29, 0.717) is 6.42 Å². The highest BCUT2D eigenvalue weighted by atomic mass is 35.5. The maximum Gasteiger partial charge on any atom is 0.164 e. The Morgan fingerprint density at radius 2 is 1.54 bits per heavy atom. The lowest BCUT2D eigenvalue weighted by atomic mass is 10.1. The Balaban J connectivity index is 0.00000208. The summed E-state index contributed by atoms with van der Waals surface area (Å²) in [6.07, 6.45) is 0.606. The zero-order valence-corrected chi connectivity index (χ0v) is 15.0. The highest BCUT2D eigenvalue weighted by Crippen LogP contribution is 2.16. The third-order valence-electron chi connectivity index (χ3n) is 4.52. The Kier molecular flexibility index (Phi) is 6.83. The fraction of sp³-hybridized carbons (Fsp3) is 0.350. The monoisotopic (exact) mass is 344 g/mol. The van der Waals surface area contributed by atoms with Crippen LogP contribution in [-0.4, -0.2) is 43.4 Å². The standard InChI is InChI=1S/C20H24N2O.ClH/c1-17-7-9-18(10-8-17)20(23)11-12-21-13-15-22(16-14-21)19-5-3-2-4-6-19;/h2-10H,11-16H2,1H3;1H. The Hall–Kier alpha value is -1.84. The average molecular weight is 345 g/mol. The molecule has 0 aromatic heterocycles. The highest BCUT2D eigenvalue weighted by Gasteiger charge is 2.17. The Bertz CT molecular complexity index is 634. The molecule has 0 radical (unpaired) electrons. The van der Waals surface area contributed by atoms with Gasteiger partial charge in [0, 0.05) is 50.4 Å². The minimum absolute atomic E-state index is 0. The fourth-order valence-corrected chi connectivity index (χ4v) is 3.01. The molecule has 1 heterocycles. The number of para-hydroxylation sites is 1. The van der Waals surface area contributed by atoms with Crippen molar-refractivity contribution < 1.29 is 4.79 Å². The highest BCUT2D eigenvalue weighted by molar-refractivity contribution is 5.96. The number of nitrogens with zero attached hydrogens (tertiary/aromatic N) is 2. The van der Waals surface area contributed by atoms with Gasteiger partial charge in [0.05, 0.1) is 0 Å². The number of aryl methyl sites for hydroxylation is 1. The van der Waals surface area contributed by atoms with E-state index in [4.69, 9.17) is 0 Å². The van der Waals surface area contributed by atoms with Crippen molar-refractivity contribution in [1.82, 2.24) is 4.90 Å². The maximum absolute atomic E-state index is 12.2. The lowest BCUT2D eigenvalue weighted by Gasteiger charge is -2.36. The van der Waals surface area contributed by atoms with Gasteiger partial charge in [0.1, 0.15) is 0 Å². The first kappa shape index (κ1) is 18.5. The number of halogens is 1. The van der Waals surface area contributed by atoms with Crippen LogP contribution in [0, 0.1) is 6.92 Å². The Morgan fingerprint density at radius 1 is 0.917 bits per heavy atom. The molecule has 1 fully saturated rings. The number of rotatable bonds is 5. The third kappa shape index (κ3) is 4.83. The van der Waals surface area contributed by atoms with E-state index in [-0.39, 0.29) is 18.2 Å². The summed E-state index contributed by atoms with van der Waals surface area (Å²) in [6.45, 7) is 7.01. The normalized spacial score (nSPS) is 15.0. The van der Waals surface area contributed by atoms with E-state index in [9.17, 15) is 4.79 Å². The fourth-order valence-electron chi connectivity index (χ4n) is 3.01. The number of benzene rings is 2. The summed E-state index contributed by atoms with van der Waals surface area (Å²) < 4.78 is 0. The van der Waals surface area contributed by atoms with Crippen molar-refractivity contribution in [2.24, 2.45) is 0 Å². The first-order chi connectivity index (χ1) is 11.2. The van der Waals surface area contributed by atoms with E-state index in [1.54, 1.807) is 0 Å². The van der Waals surface area contributed by atoms with Crippen molar-refractivity contribution in [2.75, 3.05) is 37.6 Å². The van der Waals surface area contributed by atoms with Gasteiger partial charge in [-0.1, -0.05) is 48.0 Å². The molecule has 4 heteroatoms. The summed E-state index contributed by atoms with van der Waals surface area (Å²) in [6, 6.07) is 18.4. The molecule has 2 aromatic rings. The number of piperazine rings is 1. The molecule has 0 saturated carbocycles. The van der Waals surface area contributed by atoms with Crippen molar-refractivity contribution in [2.45, 2.75) is 13.3 Å². The quantitative estimate of drug-likeness (QED) is 0.770. The summed E-state index contributed by atoms with van der Waals surface area (Å²) in [4.78, 5) is 17.1. The number of anilines is 1. The number of hydrogen-bond acceptors (Lipinski definition) is 3. The molecule has 0 amide bonds. The molecular weight excluding hydrogens is 320 g/mol. The van der Waals surface area contributed by atoms with E-state index in [0.717, 1.165) is 38.3 Å². The van der Waals surface area contributed by atoms with Crippen LogP contribution in [-0.2, 0) is 0 Å². The SMILES string of the molecule is Cc1ccc(C(=O)CCN2CCN(c3ccccc3)CC2)cc1.Cl. The van der Waals surface area contributed by atoms with Crippen LogP contribution in [0.15, 0.2) is 54.6 Å². The van der Waals surface area contributed by atoms with Gasteiger partial charge < -0.3 is 4.90 Å². The molecule has 0 N–H and O–H groups in total. The molecule has 3 nitrogen and oxygen atoms in total. The van der Waals surface area contributed by atoms with Crippen LogP contribution in [0.1, 0.15) is 22.3 Å². The molecule has 24 heavy (non-hydrogen) atoms. The Morgan fingerprint density at radius 3 is 2.17 bits per heavy atom. The molecule has 0 spiro atoms. The summed E-state index contributed by atoms with van der Waals surface area (Å²) in [5.74, 6) is 0.246. The van der Waals surface area contributed by atoms with Gasteiger partial charge in [-0.05, 0) is 19.1 Å². The molecule has 0 atom stereocenters. The first-order valence-corrected chi connectivity index (χ1v) is 8.34. The van der Waals surface area contributed by atoms with Crippen LogP contribution in [0.4, 0.5) is 5.69 Å². The van der Waals surface area contributed by atoms with Crippen LogP contribution >= 0.6 is 12.4 Å². The summed E-state index contributed by atoms with van der Waals surface area (Å²) in [7, 11) is 0. The van der Waals surface area contributed by atoms with E-state index < -0.39 is 0 Å². The number of hydrogen-bond donors (Lipinski definition) is 0. The van der Waals surface area contributed by atoms with Crippen LogP contribution < -0.4 is 4.90 Å². The van der Waals surface area contributed by atoms with Crippen molar-refractivity contribution in [3.63, 3.8) is 0 Å². The molecule has 0 unspecified atom stereocenters. The van der Waals surface area contributed by atoms with Crippen molar-refractivity contribution in [3.8, 4) is 0 Å². The summed E-state index contributed by atoms with van der Waals surface area (Å²) in [5, 5.41) is 0. The molecule has 1 aliphatic rings. The topological polar surface area (TPSA) is 23.6 Å². The van der Waals surface area contributed by atoms with Gasteiger partial charge in [0.15, 0.2) is 5.78 Å². The Labute approximate surface area is 150 Å². The van der Waals surface area contributed by atoms with E-state index in [2.05, 4.69) is 40.1 Å². The largest absolute Gasteiger partial charge is 0.369 e. The van der Waals surface area contributed by atoms with Gasteiger partial charge in [0.25, 0.3) is 0 Å². The van der Waals surface area contributed by atoms with Crippen LogP contribution in [0.5, 0.6) is 0 Å². The van der Waals surface area contributed by atoms with Crippen molar-refractivity contribution >= 4 is 23.9 Å². The second-order valence-corrected chi connectivity index (χ2v) is 6.20. The zero-order chi connectivity index (χ0) is 16.1. The second-order valence-electron chi connectivity index (χ2n) is 6.20. The minimum atomic E-state index is 0. The number of carbonyl (C=O) groups excluding carboxylic acids is 1. The number of Topliss-reactive ketones (excluding diaryl/α,β-unsaturated/α-hetero) is 1. The van der Waals surface area contributed by atoms with Gasteiger partial charge in [-0.3, -0.25) is 9.69 Å². The predicted molar refractivity (Wildman–Crippen MR) is 102 cm³/mol. The molecule has 3 rings (SSSR count). The molecule has 0 aliphatic carbocycles. The summed E-state index contributed by atoms with van der Waals surface area (Å²) in [5.41, 5.74) is 3.32. The molecule has 0 bridgehead atoms. The molecule has 2 aromatic carbocycles. The van der Waals surface area contributed by atoms with Gasteiger partial charge in [-0.2, -0.15) is 0 Å². The van der Waals surface area contributed by atoms with Gasteiger partial charge in [-0.25, -0.2) is 0 Å². The molecular formula is C20H25ClN2O. The van der Waals surface area contributed by atoms with Gasteiger partial charge in [0.2, 0.25) is 0 Å². The smallest absolute Gasteiger partial charge is 0.164 e. The maximum atomic E-state index is 12.2. The molecule has 1 aliphatic heterocycles. The lowest BCUT2D eigenvalue weighted by Crippen LogP contribution is -2.46. The minimum Gasteiger partial charge on any atom is -0.369 e. The second kappa shape index (κ2) is 8.86. The van der Waals surface area contributed by atoms with E-state index in [1.165, 1.54) is 11.3 Å². The molecule has 1 saturated heterocycles. The van der Waals surface area contributed by atoms with Gasteiger partial charge >= 0.3 is 0 Å². The van der Waals surface area contributed by atoms with E-state index in [1.807, 2.05) is 31.2 Å². The van der Waals surface area contributed by atoms with E-state index >= 15 is 0 Å². The number of ketones is 1. The van der Waals surface area contributed by atoms with Crippen molar-refractivity contribution in [3.05, 3.63) is 65.7 Å².